The zero-order valence-electron chi connectivity index (χ0n) is 11.0. The van der Waals surface area contributed by atoms with E-state index in [1.54, 1.807) is 12.1 Å². The summed E-state index contributed by atoms with van der Waals surface area (Å²) in [6.45, 7) is 3.77. The first-order valence-corrected chi connectivity index (χ1v) is 6.39. The normalized spacial score (nSPS) is 14.3. The quantitative estimate of drug-likeness (QED) is 0.917. The van der Waals surface area contributed by atoms with Crippen molar-refractivity contribution in [2.45, 2.75) is 0 Å². The summed E-state index contributed by atoms with van der Waals surface area (Å²) in [6, 6.07) is 1.61. The predicted octanol–water partition coefficient (Wildman–Crippen LogP) is 4.01. The molecule has 0 unspecified atom stereocenters. The van der Waals surface area contributed by atoms with E-state index in [4.69, 9.17) is 38.1 Å². The zero-order chi connectivity index (χ0) is 14.9. The smallest absolute Gasteiger partial charge is 0.141 e. The molecule has 104 valence electrons. The fourth-order valence-corrected chi connectivity index (χ4v) is 2.44. The fraction of sp³-hybridized carbons (Fsp3) is 0.143. The molecule has 1 N–H and O–H groups in total. The van der Waals surface area contributed by atoms with Crippen molar-refractivity contribution in [2.75, 3.05) is 14.2 Å². The monoisotopic (exact) mass is 310 g/mol. The number of methoxy groups -OCH3 is 2. The average molecular weight is 311 g/mol. The van der Waals surface area contributed by atoms with Crippen molar-refractivity contribution in [1.82, 2.24) is 0 Å². The highest BCUT2D eigenvalue weighted by Gasteiger charge is 2.21. The molecule has 1 aliphatic heterocycles. The number of hydrogen-bond acceptors (Lipinski definition) is 4. The van der Waals surface area contributed by atoms with Gasteiger partial charge in [-0.1, -0.05) is 29.8 Å². The Morgan fingerprint density at radius 3 is 2.15 bits per heavy atom. The molecule has 4 nitrogen and oxygen atoms in total. The summed E-state index contributed by atoms with van der Waals surface area (Å²) < 4.78 is 10.4. The Kier molecular flexibility index (Phi) is 4.16. The van der Waals surface area contributed by atoms with Gasteiger partial charge < -0.3 is 9.47 Å². The number of benzene rings is 1. The van der Waals surface area contributed by atoms with Crippen LogP contribution in [0, 0.1) is 5.41 Å². The highest BCUT2D eigenvalue weighted by molar-refractivity contribution is 6.42. The highest BCUT2D eigenvalue weighted by atomic mass is 35.5. The first-order valence-electron chi connectivity index (χ1n) is 5.63. The number of nitrogens with zero attached hydrogens (tertiary/aromatic N) is 1. The second-order valence-corrected chi connectivity index (χ2v) is 4.77. The Bertz CT molecular complexity index is 635. The molecule has 0 aromatic heterocycles. The SMILES string of the molecule is C=C1C=C(c2c(Cl)c(OC)cc(OC)c2Cl)N=CC1=N. The Labute approximate surface area is 126 Å². The summed E-state index contributed by atoms with van der Waals surface area (Å²) in [5.74, 6) is 0.871. The van der Waals surface area contributed by atoms with Gasteiger partial charge in [0.2, 0.25) is 0 Å². The van der Waals surface area contributed by atoms with Gasteiger partial charge in [0.15, 0.2) is 0 Å². The molecule has 0 saturated carbocycles. The molecule has 0 radical (unpaired) electrons. The zero-order valence-corrected chi connectivity index (χ0v) is 12.5. The third-order valence-electron chi connectivity index (χ3n) is 2.82. The minimum Gasteiger partial charge on any atom is -0.495 e. The maximum Gasteiger partial charge on any atom is 0.141 e. The lowest BCUT2D eigenvalue weighted by Crippen LogP contribution is -2.06. The third-order valence-corrected chi connectivity index (χ3v) is 3.57. The maximum atomic E-state index is 7.60. The molecule has 1 aromatic rings. The summed E-state index contributed by atoms with van der Waals surface area (Å²) in [4.78, 5) is 4.17. The van der Waals surface area contributed by atoms with E-state index in [2.05, 4.69) is 11.6 Å². The molecule has 0 bridgehead atoms. The Hall–Kier alpha value is -1.78. The molecule has 0 spiro atoms. The van der Waals surface area contributed by atoms with E-state index in [1.165, 1.54) is 20.4 Å². The number of ether oxygens (including phenoxy) is 2. The van der Waals surface area contributed by atoms with Crippen LogP contribution in [0.25, 0.3) is 5.70 Å². The van der Waals surface area contributed by atoms with E-state index in [0.717, 1.165) is 0 Å². The molecule has 0 fully saturated rings. The average Bonchev–Trinajstić information content (AvgIpc) is 2.43. The molecule has 1 heterocycles. The van der Waals surface area contributed by atoms with Gasteiger partial charge in [0, 0.05) is 11.6 Å². The molecular weight excluding hydrogens is 299 g/mol. The molecule has 1 aromatic carbocycles. The van der Waals surface area contributed by atoms with Gasteiger partial charge in [-0.15, -0.1) is 0 Å². The van der Waals surface area contributed by atoms with Crippen molar-refractivity contribution in [2.24, 2.45) is 4.99 Å². The van der Waals surface area contributed by atoms with Gasteiger partial charge in [-0.2, -0.15) is 0 Å². The second kappa shape index (κ2) is 5.69. The van der Waals surface area contributed by atoms with Crippen molar-refractivity contribution < 1.29 is 9.47 Å². The van der Waals surface area contributed by atoms with Crippen molar-refractivity contribution in [3.05, 3.63) is 39.9 Å². The van der Waals surface area contributed by atoms with E-state index in [1.807, 2.05) is 0 Å². The van der Waals surface area contributed by atoms with E-state index in [0.29, 0.717) is 38.4 Å². The number of hydrogen-bond donors (Lipinski definition) is 1. The van der Waals surface area contributed by atoms with E-state index in [9.17, 15) is 0 Å². The third kappa shape index (κ3) is 2.44. The van der Waals surface area contributed by atoms with Crippen molar-refractivity contribution in [3.63, 3.8) is 0 Å². The number of halogens is 2. The van der Waals surface area contributed by atoms with Gasteiger partial charge in [-0.3, -0.25) is 10.4 Å². The van der Waals surface area contributed by atoms with Crippen LogP contribution in [0.15, 0.2) is 29.3 Å². The number of aliphatic imine (C=N–C) groups is 1. The maximum absolute atomic E-state index is 7.60. The lowest BCUT2D eigenvalue weighted by Gasteiger charge is -2.16. The molecule has 2 rings (SSSR count). The Morgan fingerprint density at radius 2 is 1.70 bits per heavy atom. The number of allylic oxidation sites excluding steroid dienone is 2. The van der Waals surface area contributed by atoms with E-state index in [-0.39, 0.29) is 5.71 Å². The lowest BCUT2D eigenvalue weighted by atomic mass is 10.0. The summed E-state index contributed by atoms with van der Waals surface area (Å²) in [6.07, 6.45) is 3.05. The van der Waals surface area contributed by atoms with Crippen LogP contribution in [-0.2, 0) is 0 Å². The second-order valence-electron chi connectivity index (χ2n) is 4.01. The largest absolute Gasteiger partial charge is 0.495 e. The Balaban J connectivity index is 2.68. The summed E-state index contributed by atoms with van der Waals surface area (Å²) in [5.41, 5.74) is 1.78. The molecule has 0 saturated heterocycles. The molecular formula is C14H12Cl2N2O2. The molecule has 0 atom stereocenters. The van der Waals surface area contributed by atoms with Crippen LogP contribution in [0.4, 0.5) is 0 Å². The van der Waals surface area contributed by atoms with Crippen molar-refractivity contribution >= 4 is 40.8 Å². The van der Waals surface area contributed by atoms with Gasteiger partial charge in [0.25, 0.3) is 0 Å². The summed E-state index contributed by atoms with van der Waals surface area (Å²) in [5, 5.41) is 8.27. The van der Waals surface area contributed by atoms with Crippen LogP contribution < -0.4 is 9.47 Å². The summed E-state index contributed by atoms with van der Waals surface area (Å²) in [7, 11) is 3.01. The van der Waals surface area contributed by atoms with Crippen LogP contribution in [0.2, 0.25) is 10.0 Å². The molecule has 0 aliphatic carbocycles. The van der Waals surface area contributed by atoms with E-state index >= 15 is 0 Å². The Morgan fingerprint density at radius 1 is 1.15 bits per heavy atom. The lowest BCUT2D eigenvalue weighted by molar-refractivity contribution is 0.394. The van der Waals surface area contributed by atoms with Gasteiger partial charge >= 0.3 is 0 Å². The molecule has 6 heteroatoms. The highest BCUT2D eigenvalue weighted by Crippen LogP contribution is 2.44. The number of nitrogens with one attached hydrogen (secondary N) is 1. The van der Waals surface area contributed by atoms with Crippen molar-refractivity contribution in [1.29, 1.82) is 5.41 Å². The molecule has 20 heavy (non-hydrogen) atoms. The van der Waals surface area contributed by atoms with Crippen LogP contribution in [0.5, 0.6) is 11.5 Å². The van der Waals surface area contributed by atoms with Crippen molar-refractivity contribution in [3.8, 4) is 11.5 Å². The fourth-order valence-electron chi connectivity index (χ4n) is 1.74. The van der Waals surface area contributed by atoms with Crippen LogP contribution in [-0.4, -0.2) is 26.1 Å². The standard InChI is InChI=1S/C14H12Cl2N2O2/c1-7-4-9(18-6-8(7)17)12-13(15)10(19-2)5-11(20-3)14(12)16/h4-6,17H,1H2,2-3H3. The van der Waals surface area contributed by atoms with Gasteiger partial charge in [-0.25, -0.2) is 0 Å². The first kappa shape index (κ1) is 14.6. The minimum atomic E-state index is 0.246. The number of rotatable bonds is 3. The molecule has 1 aliphatic rings. The van der Waals surface area contributed by atoms with E-state index < -0.39 is 0 Å². The van der Waals surface area contributed by atoms with Gasteiger partial charge in [-0.05, 0) is 11.6 Å². The van der Waals surface area contributed by atoms with Crippen LogP contribution in [0.1, 0.15) is 5.56 Å². The van der Waals surface area contributed by atoms with Gasteiger partial charge in [0.1, 0.15) is 11.5 Å². The van der Waals surface area contributed by atoms with Crippen LogP contribution >= 0.6 is 23.2 Å². The predicted molar refractivity (Wildman–Crippen MR) is 82.9 cm³/mol. The topological polar surface area (TPSA) is 54.7 Å². The molecule has 0 amide bonds. The van der Waals surface area contributed by atoms with Gasteiger partial charge in [0.05, 0.1) is 41.9 Å². The van der Waals surface area contributed by atoms with Crippen LogP contribution in [0.3, 0.4) is 0 Å². The summed E-state index contributed by atoms with van der Waals surface area (Å²) >= 11 is 12.6. The first-order chi connectivity index (χ1) is 9.49. The minimum absolute atomic E-state index is 0.246.